The molecule has 0 aromatic carbocycles. The van der Waals surface area contributed by atoms with Crippen molar-refractivity contribution in [3.63, 3.8) is 0 Å². The van der Waals surface area contributed by atoms with Crippen LogP contribution in [0.15, 0.2) is 16.7 Å². The van der Waals surface area contributed by atoms with E-state index in [2.05, 4.69) is 35.3 Å². The number of carbonyl (C=O) groups excluding carboxylic acids is 1. The van der Waals surface area contributed by atoms with Crippen LogP contribution in [-0.4, -0.2) is 62.1 Å². The second-order valence-corrected chi connectivity index (χ2v) is 7.68. The van der Waals surface area contributed by atoms with Gasteiger partial charge in [-0.3, -0.25) is 9.69 Å². The molecular formula is C20H27F3N4O4. The van der Waals surface area contributed by atoms with Gasteiger partial charge in [-0.1, -0.05) is 0 Å². The maximum absolute atomic E-state index is 12.7. The van der Waals surface area contributed by atoms with Crippen molar-refractivity contribution < 1.29 is 32.3 Å². The van der Waals surface area contributed by atoms with Crippen molar-refractivity contribution >= 4 is 11.9 Å². The van der Waals surface area contributed by atoms with Crippen molar-refractivity contribution in [1.82, 2.24) is 19.4 Å². The Kier molecular flexibility index (Phi) is 7.53. The number of amides is 1. The molecule has 2 aromatic rings. The second-order valence-electron chi connectivity index (χ2n) is 7.68. The molecule has 0 atom stereocenters. The molecule has 3 heterocycles. The highest BCUT2D eigenvalue weighted by atomic mass is 19.4. The van der Waals surface area contributed by atoms with Gasteiger partial charge >= 0.3 is 12.1 Å². The molecule has 0 unspecified atom stereocenters. The number of imidazole rings is 1. The summed E-state index contributed by atoms with van der Waals surface area (Å²) >= 11 is 0. The molecule has 8 nitrogen and oxygen atoms in total. The van der Waals surface area contributed by atoms with Gasteiger partial charge in [0.2, 0.25) is 0 Å². The number of carbonyl (C=O) groups is 2. The number of aliphatic carboxylic acids is 1. The van der Waals surface area contributed by atoms with E-state index in [1.807, 2.05) is 31.0 Å². The molecule has 0 bridgehead atoms. The first-order valence-corrected chi connectivity index (χ1v) is 9.71. The van der Waals surface area contributed by atoms with E-state index >= 15 is 0 Å². The first-order valence-electron chi connectivity index (χ1n) is 9.71. The van der Waals surface area contributed by atoms with Gasteiger partial charge in [-0.2, -0.15) is 13.2 Å². The van der Waals surface area contributed by atoms with Crippen molar-refractivity contribution in [1.29, 1.82) is 0 Å². The molecule has 1 aliphatic heterocycles. The van der Waals surface area contributed by atoms with Crippen LogP contribution in [0.3, 0.4) is 0 Å². The van der Waals surface area contributed by atoms with Crippen LogP contribution >= 0.6 is 0 Å². The first kappa shape index (κ1) is 24.4. The van der Waals surface area contributed by atoms with Crippen molar-refractivity contribution in [2.75, 3.05) is 13.6 Å². The van der Waals surface area contributed by atoms with Crippen molar-refractivity contribution in [3.8, 4) is 0 Å². The molecule has 2 aromatic heterocycles. The molecule has 0 fully saturated rings. The Balaban J connectivity index is 0.000000423. The third-order valence-electron chi connectivity index (χ3n) is 5.04. The van der Waals surface area contributed by atoms with E-state index in [0.717, 1.165) is 24.7 Å². The van der Waals surface area contributed by atoms with E-state index in [1.165, 1.54) is 5.69 Å². The Labute approximate surface area is 178 Å². The van der Waals surface area contributed by atoms with Crippen LogP contribution < -0.4 is 0 Å². The summed E-state index contributed by atoms with van der Waals surface area (Å²) in [5.74, 6) is -0.314. The van der Waals surface area contributed by atoms with E-state index in [9.17, 15) is 18.0 Å². The molecule has 0 radical (unpaired) electrons. The normalized spacial score (nSPS) is 13.8. The molecule has 31 heavy (non-hydrogen) atoms. The van der Waals surface area contributed by atoms with Gasteiger partial charge in [-0.25, -0.2) is 9.78 Å². The van der Waals surface area contributed by atoms with Crippen LogP contribution in [0.25, 0.3) is 0 Å². The number of alkyl halides is 3. The number of nitrogens with zero attached hydrogens (tertiary/aromatic N) is 4. The summed E-state index contributed by atoms with van der Waals surface area (Å²) in [7, 11) is 2.12. The molecule has 0 saturated heterocycles. The van der Waals surface area contributed by atoms with Crippen molar-refractivity contribution in [3.05, 3.63) is 40.9 Å². The molecule has 1 N–H and O–H groups in total. The van der Waals surface area contributed by atoms with Gasteiger partial charge in [0.1, 0.15) is 17.3 Å². The summed E-state index contributed by atoms with van der Waals surface area (Å²) in [6.07, 6.45) is -3.14. The number of aryl methyl sites for hydroxylation is 2. The number of fused-ring (bicyclic) bond motifs is 1. The number of hydrogen-bond acceptors (Lipinski definition) is 5. The van der Waals surface area contributed by atoms with Gasteiger partial charge in [0.15, 0.2) is 0 Å². The monoisotopic (exact) mass is 444 g/mol. The Morgan fingerprint density at radius 3 is 2.39 bits per heavy atom. The fraction of sp³-hybridized carbons (Fsp3) is 0.550. The van der Waals surface area contributed by atoms with Crippen LogP contribution in [0.5, 0.6) is 0 Å². The fourth-order valence-electron chi connectivity index (χ4n) is 3.07. The number of rotatable bonds is 4. The first-order chi connectivity index (χ1) is 14.3. The number of carboxylic acids is 1. The minimum Gasteiger partial charge on any atom is -0.475 e. The quantitative estimate of drug-likeness (QED) is 0.779. The number of furan rings is 1. The lowest BCUT2D eigenvalue weighted by Gasteiger charge is -2.29. The summed E-state index contributed by atoms with van der Waals surface area (Å²) in [6.45, 7) is 11.0. The highest BCUT2D eigenvalue weighted by Crippen LogP contribution is 2.21. The van der Waals surface area contributed by atoms with Crippen LogP contribution in [0.1, 0.15) is 47.2 Å². The third-order valence-corrected chi connectivity index (χ3v) is 5.04. The number of aromatic nitrogens is 2. The van der Waals surface area contributed by atoms with E-state index in [-0.39, 0.29) is 5.91 Å². The molecule has 3 rings (SSSR count). The lowest BCUT2D eigenvalue weighted by Crippen LogP contribution is -2.39. The van der Waals surface area contributed by atoms with Crippen LogP contribution in [0.4, 0.5) is 13.2 Å². The molecular weight excluding hydrogens is 417 g/mol. The SMILES string of the molecule is Cc1cc(C(=O)N2CCn3c(CN(C)C(C)C)cnc3C2)c(C)o1.O=C(O)C(F)(F)F. The Morgan fingerprint density at radius 2 is 1.90 bits per heavy atom. The summed E-state index contributed by atoms with van der Waals surface area (Å²) in [6, 6.07) is 2.31. The van der Waals surface area contributed by atoms with Crippen LogP contribution in [0.2, 0.25) is 0 Å². The van der Waals surface area contributed by atoms with Gasteiger partial charge in [0.25, 0.3) is 5.91 Å². The molecule has 1 amide bonds. The van der Waals surface area contributed by atoms with Crippen LogP contribution in [0, 0.1) is 13.8 Å². The van der Waals surface area contributed by atoms with Crippen molar-refractivity contribution in [2.45, 2.75) is 59.5 Å². The van der Waals surface area contributed by atoms with E-state index in [0.29, 0.717) is 30.5 Å². The minimum absolute atomic E-state index is 0.0273. The number of hydrogen-bond donors (Lipinski definition) is 1. The van der Waals surface area contributed by atoms with E-state index < -0.39 is 12.1 Å². The molecule has 0 aliphatic carbocycles. The lowest BCUT2D eigenvalue weighted by atomic mass is 10.2. The zero-order valence-electron chi connectivity index (χ0n) is 18.2. The van der Waals surface area contributed by atoms with Gasteiger partial charge in [-0.15, -0.1) is 0 Å². The minimum atomic E-state index is -5.08. The van der Waals surface area contributed by atoms with Gasteiger partial charge in [-0.05, 0) is 40.8 Å². The maximum atomic E-state index is 12.7. The topological polar surface area (TPSA) is 91.8 Å². The lowest BCUT2D eigenvalue weighted by molar-refractivity contribution is -0.192. The third kappa shape index (κ3) is 6.09. The zero-order chi connectivity index (χ0) is 23.5. The van der Waals surface area contributed by atoms with E-state index in [1.54, 1.807) is 0 Å². The summed E-state index contributed by atoms with van der Waals surface area (Å²) < 4.78 is 39.5. The predicted molar refractivity (Wildman–Crippen MR) is 105 cm³/mol. The average molecular weight is 444 g/mol. The van der Waals surface area contributed by atoms with Gasteiger partial charge < -0.3 is 19.0 Å². The molecule has 0 saturated carbocycles. The van der Waals surface area contributed by atoms with Crippen LogP contribution in [-0.2, 0) is 24.4 Å². The molecule has 0 spiro atoms. The fourth-order valence-corrected chi connectivity index (χ4v) is 3.07. The standard InChI is InChI=1S/C18H26N4O2.C2HF3O2/c1-12(2)20(5)10-15-9-19-17-11-21(6-7-22(15)17)18(23)16-8-13(3)24-14(16)4;3-2(4,5)1(6)7/h8-9,12H,6-7,10-11H2,1-5H3;(H,6,7). The van der Waals surface area contributed by atoms with Gasteiger partial charge in [0.05, 0.1) is 17.8 Å². The largest absolute Gasteiger partial charge is 0.490 e. The maximum Gasteiger partial charge on any atom is 0.490 e. The highest BCUT2D eigenvalue weighted by Gasteiger charge is 2.38. The number of halogens is 3. The second kappa shape index (κ2) is 9.54. The Bertz CT molecular complexity index is 933. The average Bonchev–Trinajstić information content (AvgIpc) is 3.22. The predicted octanol–water partition coefficient (Wildman–Crippen LogP) is 3.22. The number of carboxylic acid groups (broad SMARTS) is 1. The molecule has 172 valence electrons. The summed E-state index contributed by atoms with van der Waals surface area (Å²) in [4.78, 5) is 30.3. The Morgan fingerprint density at radius 1 is 1.29 bits per heavy atom. The molecule has 1 aliphatic rings. The summed E-state index contributed by atoms with van der Waals surface area (Å²) in [5.41, 5.74) is 1.87. The van der Waals surface area contributed by atoms with E-state index in [4.69, 9.17) is 14.3 Å². The summed E-state index contributed by atoms with van der Waals surface area (Å²) in [5, 5.41) is 7.12. The van der Waals surface area contributed by atoms with Crippen molar-refractivity contribution in [2.24, 2.45) is 0 Å². The molecule has 11 heteroatoms. The highest BCUT2D eigenvalue weighted by molar-refractivity contribution is 5.95. The smallest absolute Gasteiger partial charge is 0.475 e. The Hall–Kier alpha value is -2.82. The van der Waals surface area contributed by atoms with Gasteiger partial charge in [0, 0.05) is 31.9 Å². The zero-order valence-corrected chi connectivity index (χ0v) is 18.2.